The first kappa shape index (κ1) is 27.7. The Labute approximate surface area is 220 Å². The highest BCUT2D eigenvalue weighted by Gasteiger charge is 2.29. The second-order valence-corrected chi connectivity index (χ2v) is 9.03. The molecule has 4 aromatic rings. The lowest BCUT2D eigenvalue weighted by Crippen LogP contribution is -2.25. The predicted octanol–water partition coefficient (Wildman–Crippen LogP) is 6.86. The molecule has 202 valence electrons. The van der Waals surface area contributed by atoms with E-state index in [-0.39, 0.29) is 24.9 Å². The van der Waals surface area contributed by atoms with Crippen LogP contribution in [0, 0.1) is 11.6 Å². The van der Waals surface area contributed by atoms with E-state index in [4.69, 9.17) is 5.11 Å². The number of fused-ring (bicyclic) bond motifs is 1. The van der Waals surface area contributed by atoms with Crippen molar-refractivity contribution < 1.29 is 36.6 Å². The molecule has 1 atom stereocenters. The number of benzene rings is 3. The van der Waals surface area contributed by atoms with E-state index in [0.29, 0.717) is 33.2 Å². The maximum atomic E-state index is 13.7. The summed E-state index contributed by atoms with van der Waals surface area (Å²) >= 11 is 0. The fraction of sp³-hybridized carbons (Fsp3) is 0.207. The second kappa shape index (κ2) is 11.6. The number of nitrogens with zero attached hydrogens (tertiary/aromatic N) is 1. The zero-order valence-electron chi connectivity index (χ0n) is 20.4. The second-order valence-electron chi connectivity index (χ2n) is 9.03. The third kappa shape index (κ3) is 7.16. The molecule has 2 N–H and O–H groups in total. The Morgan fingerprint density at radius 2 is 1.56 bits per heavy atom. The summed E-state index contributed by atoms with van der Waals surface area (Å²) in [7, 11) is 0. The molecule has 0 saturated heterocycles. The Balaban J connectivity index is 1.61. The van der Waals surface area contributed by atoms with Gasteiger partial charge in [-0.25, -0.2) is 8.78 Å². The largest absolute Gasteiger partial charge is 0.481 e. The van der Waals surface area contributed by atoms with Gasteiger partial charge in [-0.1, -0.05) is 30.3 Å². The number of hydrogen-bond acceptors (Lipinski definition) is 3. The number of nitrogens with one attached hydrogen (secondary N) is 1. The third-order valence-corrected chi connectivity index (χ3v) is 6.28. The van der Waals surface area contributed by atoms with Crippen LogP contribution >= 0.6 is 0 Å². The standard InChI is InChI=1S/C29H23F5N2O3/c30-24-8-7-19(14-25(24)31)20-5-6-21-13-22(16-36-26(21)15-20)23(9-11-29(32,33)34)17-1-3-18(4-2-17)28(39)35-12-10-27(37)38/h1-8,13-16,23H,9-12H2,(H,35,39)(H,37,38)/t23-/m1/s1. The Bertz CT molecular complexity index is 1500. The molecule has 0 saturated carbocycles. The van der Waals surface area contributed by atoms with Gasteiger partial charge in [-0.05, 0) is 65.1 Å². The van der Waals surface area contributed by atoms with Crippen molar-refractivity contribution in [2.24, 2.45) is 0 Å². The Kier molecular flexibility index (Phi) is 8.23. The summed E-state index contributed by atoms with van der Waals surface area (Å²) in [5, 5.41) is 11.8. The zero-order valence-corrected chi connectivity index (χ0v) is 20.4. The molecule has 5 nitrogen and oxygen atoms in total. The molecule has 1 aromatic heterocycles. The minimum Gasteiger partial charge on any atom is -0.481 e. The lowest BCUT2D eigenvalue weighted by molar-refractivity contribution is -0.137. The van der Waals surface area contributed by atoms with Gasteiger partial charge in [0.05, 0.1) is 11.9 Å². The predicted molar refractivity (Wildman–Crippen MR) is 135 cm³/mol. The van der Waals surface area contributed by atoms with Crippen LogP contribution in [0.5, 0.6) is 0 Å². The quantitative estimate of drug-likeness (QED) is 0.227. The molecule has 0 radical (unpaired) electrons. The number of carboxylic acids is 1. The van der Waals surface area contributed by atoms with Crippen LogP contribution in [-0.2, 0) is 4.79 Å². The van der Waals surface area contributed by atoms with Crippen LogP contribution in [0.3, 0.4) is 0 Å². The van der Waals surface area contributed by atoms with Crippen molar-refractivity contribution in [2.45, 2.75) is 31.4 Å². The van der Waals surface area contributed by atoms with E-state index in [1.807, 2.05) is 0 Å². The van der Waals surface area contributed by atoms with Crippen molar-refractivity contribution in [2.75, 3.05) is 6.54 Å². The summed E-state index contributed by atoms with van der Waals surface area (Å²) in [6.45, 7) is -0.0509. The minimum atomic E-state index is -4.37. The Morgan fingerprint density at radius 3 is 2.23 bits per heavy atom. The summed E-state index contributed by atoms with van der Waals surface area (Å²) < 4.78 is 66.4. The normalized spacial score (nSPS) is 12.3. The molecule has 0 spiro atoms. The van der Waals surface area contributed by atoms with E-state index in [0.717, 1.165) is 12.1 Å². The smallest absolute Gasteiger partial charge is 0.389 e. The number of carbonyl (C=O) groups excluding carboxylic acids is 1. The van der Waals surface area contributed by atoms with Gasteiger partial charge in [-0.2, -0.15) is 13.2 Å². The van der Waals surface area contributed by atoms with Gasteiger partial charge in [0.15, 0.2) is 11.6 Å². The van der Waals surface area contributed by atoms with Crippen molar-refractivity contribution >= 4 is 22.8 Å². The summed E-state index contributed by atoms with van der Waals surface area (Å²) in [5.74, 6) is -4.15. The molecule has 10 heteroatoms. The maximum Gasteiger partial charge on any atom is 0.389 e. The number of carboxylic acid groups (broad SMARTS) is 1. The number of aromatic nitrogens is 1. The number of alkyl halides is 3. The van der Waals surface area contributed by atoms with Gasteiger partial charge in [0.25, 0.3) is 5.91 Å². The summed E-state index contributed by atoms with van der Waals surface area (Å²) in [5.41, 5.74) is 2.94. The fourth-order valence-corrected chi connectivity index (χ4v) is 4.27. The molecule has 0 unspecified atom stereocenters. The van der Waals surface area contributed by atoms with Gasteiger partial charge in [0, 0.05) is 36.0 Å². The lowest BCUT2D eigenvalue weighted by atomic mass is 9.87. The van der Waals surface area contributed by atoms with Crippen molar-refractivity contribution in [3.05, 3.63) is 101 Å². The van der Waals surface area contributed by atoms with E-state index >= 15 is 0 Å². The first-order valence-corrected chi connectivity index (χ1v) is 12.0. The van der Waals surface area contributed by atoms with Crippen LogP contribution in [0.2, 0.25) is 0 Å². The Hall–Kier alpha value is -4.34. The summed E-state index contributed by atoms with van der Waals surface area (Å²) in [4.78, 5) is 27.3. The van der Waals surface area contributed by atoms with Gasteiger partial charge in [-0.3, -0.25) is 14.6 Å². The first-order valence-electron chi connectivity index (χ1n) is 12.0. The van der Waals surface area contributed by atoms with E-state index in [1.54, 1.807) is 36.4 Å². The van der Waals surface area contributed by atoms with Crippen molar-refractivity contribution in [1.82, 2.24) is 10.3 Å². The third-order valence-electron chi connectivity index (χ3n) is 6.28. The molecule has 0 bridgehead atoms. The molecule has 0 aliphatic carbocycles. The number of halogens is 5. The van der Waals surface area contributed by atoms with Gasteiger partial charge in [-0.15, -0.1) is 0 Å². The summed E-state index contributed by atoms with van der Waals surface area (Å²) in [6, 6.07) is 16.5. The average molecular weight is 543 g/mol. The lowest BCUT2D eigenvalue weighted by Gasteiger charge is -2.20. The SMILES string of the molecule is O=C(O)CCNC(=O)c1ccc([C@@H](CCC(F)(F)F)c2cnc3cc(-c4ccc(F)c(F)c4)ccc3c2)cc1. The molecule has 0 aliphatic rings. The molecular weight excluding hydrogens is 519 g/mol. The van der Waals surface area contributed by atoms with Gasteiger partial charge in [0.1, 0.15) is 0 Å². The maximum absolute atomic E-state index is 13.7. The average Bonchev–Trinajstić information content (AvgIpc) is 2.89. The van der Waals surface area contributed by atoms with Crippen LogP contribution in [0.4, 0.5) is 22.0 Å². The number of carbonyl (C=O) groups is 2. The van der Waals surface area contributed by atoms with E-state index in [1.165, 1.54) is 24.4 Å². The molecule has 0 aliphatic heterocycles. The molecule has 0 fully saturated rings. The molecule has 1 heterocycles. The zero-order chi connectivity index (χ0) is 28.2. The van der Waals surface area contributed by atoms with Crippen LogP contribution < -0.4 is 5.32 Å². The number of aliphatic carboxylic acids is 1. The molecular formula is C29H23F5N2O3. The van der Waals surface area contributed by atoms with Crippen molar-refractivity contribution in [3.8, 4) is 11.1 Å². The number of hydrogen-bond donors (Lipinski definition) is 2. The van der Waals surface area contributed by atoms with Gasteiger partial charge in [0.2, 0.25) is 0 Å². The number of amides is 1. The highest BCUT2D eigenvalue weighted by Crippen LogP contribution is 2.35. The van der Waals surface area contributed by atoms with E-state index in [2.05, 4.69) is 10.3 Å². The molecule has 4 rings (SSSR count). The summed E-state index contributed by atoms with van der Waals surface area (Å²) in [6.07, 6.45) is -4.38. The van der Waals surface area contributed by atoms with Crippen LogP contribution in [0.25, 0.3) is 22.0 Å². The Morgan fingerprint density at radius 1 is 0.872 bits per heavy atom. The van der Waals surface area contributed by atoms with Crippen LogP contribution in [0.15, 0.2) is 72.9 Å². The highest BCUT2D eigenvalue weighted by atomic mass is 19.4. The van der Waals surface area contributed by atoms with Gasteiger partial charge >= 0.3 is 12.1 Å². The van der Waals surface area contributed by atoms with Crippen molar-refractivity contribution in [1.29, 1.82) is 0 Å². The van der Waals surface area contributed by atoms with Crippen LogP contribution in [0.1, 0.15) is 46.7 Å². The van der Waals surface area contributed by atoms with E-state index in [9.17, 15) is 31.5 Å². The topological polar surface area (TPSA) is 79.3 Å². The minimum absolute atomic E-state index is 0.0509. The first-order chi connectivity index (χ1) is 18.5. The molecule has 39 heavy (non-hydrogen) atoms. The van der Waals surface area contributed by atoms with Gasteiger partial charge < -0.3 is 10.4 Å². The molecule has 3 aromatic carbocycles. The number of rotatable bonds is 9. The van der Waals surface area contributed by atoms with Crippen LogP contribution in [-0.4, -0.2) is 34.7 Å². The highest BCUT2D eigenvalue weighted by molar-refractivity contribution is 5.94. The molecule has 1 amide bonds. The monoisotopic (exact) mass is 542 g/mol. The number of pyridine rings is 1. The fourth-order valence-electron chi connectivity index (χ4n) is 4.27. The van der Waals surface area contributed by atoms with E-state index < -0.39 is 42.0 Å². The van der Waals surface area contributed by atoms with Crippen molar-refractivity contribution in [3.63, 3.8) is 0 Å².